The van der Waals surface area contributed by atoms with Crippen molar-refractivity contribution in [3.05, 3.63) is 24.3 Å². The van der Waals surface area contributed by atoms with Crippen molar-refractivity contribution in [2.24, 2.45) is 0 Å². The molecular weight excluding hydrogens is 1140 g/mol. The topological polar surface area (TPSA) is 108 Å². The van der Waals surface area contributed by atoms with Crippen molar-refractivity contribution in [3.8, 4) is 0 Å². The Kier molecular flexibility index (Phi) is 72.4. The molecule has 0 heterocycles. The summed E-state index contributed by atoms with van der Waals surface area (Å²) in [6, 6.07) is -0.903. The first-order valence-electron chi connectivity index (χ1n) is 41.2. The number of hydrogen-bond donors (Lipinski definition) is 2. The second-order valence-corrected chi connectivity index (χ2v) is 31.2. The minimum atomic E-state index is -4.61. The normalized spacial score (nSPS) is 13.5. The van der Waals surface area contributed by atoms with E-state index >= 15 is 0 Å². The second kappa shape index (κ2) is 73.2. The maximum atomic E-state index is 13.1. The molecule has 0 saturated carbocycles. The van der Waals surface area contributed by atoms with Crippen LogP contribution >= 0.6 is 7.82 Å². The van der Waals surface area contributed by atoms with Crippen LogP contribution in [0.3, 0.4) is 0 Å². The molecule has 9 heteroatoms. The van der Waals surface area contributed by atoms with Gasteiger partial charge in [0.2, 0.25) is 5.91 Å². The standard InChI is InChI=1S/C82H163N2O6P/c1-6-8-10-12-14-16-18-20-22-24-26-28-30-32-34-36-38-40-41-42-43-44-46-48-50-52-54-56-58-60-62-64-66-68-70-72-74-76-82(86)83-80(79-90-91(87,88)89-78-77-84(3,4)5)81(85)75-73-71-69-67-65-63-61-59-57-55-53-51-49-47-45-39-37-35-33-31-29-27-25-23-21-19-17-15-13-11-9-7-2/h65,67,73,75,80-81,85H,6-64,66,68-72,74,76-79H2,1-5H3,(H-,83,86,87,88)/b67-65+,75-73+. The minimum absolute atomic E-state index is 0.00322. The van der Waals surface area contributed by atoms with Crippen molar-refractivity contribution in [3.63, 3.8) is 0 Å². The van der Waals surface area contributed by atoms with Crippen LogP contribution in [0.2, 0.25) is 0 Å². The maximum Gasteiger partial charge on any atom is 0.268 e. The predicted octanol–water partition coefficient (Wildman–Crippen LogP) is 26.3. The third-order valence-corrected chi connectivity index (χ3v) is 20.4. The summed E-state index contributed by atoms with van der Waals surface area (Å²) in [6.45, 7) is 4.71. The first kappa shape index (κ1) is 90.0. The number of nitrogens with one attached hydrogen (secondary N) is 1. The van der Waals surface area contributed by atoms with Gasteiger partial charge in [-0.15, -0.1) is 0 Å². The fourth-order valence-electron chi connectivity index (χ4n) is 13.1. The third-order valence-electron chi connectivity index (χ3n) is 19.4. The van der Waals surface area contributed by atoms with Gasteiger partial charge in [-0.25, -0.2) is 0 Å². The SMILES string of the molecule is CCCCCCCCCCCCCCCCCCCCCCCCCCCC/C=C/CC/C=C/C(O)C(COP(=O)([O-])OCC[N+](C)(C)C)NC(=O)CCCCCCCCCCCCCCCCCCCCCCCCCCCCCCCCCCCCCCC. The van der Waals surface area contributed by atoms with Crippen LogP contribution in [0, 0.1) is 0 Å². The molecule has 0 aromatic rings. The smallest absolute Gasteiger partial charge is 0.268 e. The van der Waals surface area contributed by atoms with Crippen molar-refractivity contribution in [2.75, 3.05) is 40.9 Å². The highest BCUT2D eigenvalue weighted by atomic mass is 31.2. The maximum absolute atomic E-state index is 13.1. The van der Waals surface area contributed by atoms with Crippen molar-refractivity contribution >= 4 is 13.7 Å². The Balaban J connectivity index is 3.94. The molecule has 0 rings (SSSR count). The molecular formula is C82H163N2O6P. The van der Waals surface area contributed by atoms with Gasteiger partial charge in [0, 0.05) is 6.42 Å². The van der Waals surface area contributed by atoms with Gasteiger partial charge in [-0.3, -0.25) is 9.36 Å². The third kappa shape index (κ3) is 76.2. The van der Waals surface area contributed by atoms with Crippen molar-refractivity contribution in [1.29, 1.82) is 0 Å². The van der Waals surface area contributed by atoms with Crippen LogP contribution in [0.15, 0.2) is 24.3 Å². The van der Waals surface area contributed by atoms with Gasteiger partial charge in [-0.2, -0.15) is 0 Å². The second-order valence-electron chi connectivity index (χ2n) is 29.8. The number of nitrogens with zero attached hydrogens (tertiary/aromatic N) is 1. The van der Waals surface area contributed by atoms with Crippen LogP contribution in [-0.4, -0.2) is 68.5 Å². The summed E-state index contributed by atoms with van der Waals surface area (Å²) >= 11 is 0. The quantitative estimate of drug-likeness (QED) is 0.0272. The molecule has 0 aliphatic heterocycles. The Labute approximate surface area is 570 Å². The lowest BCUT2D eigenvalue weighted by Gasteiger charge is -2.29. The van der Waals surface area contributed by atoms with Crippen LogP contribution in [0.5, 0.6) is 0 Å². The summed E-state index contributed by atoms with van der Waals surface area (Å²) in [5, 5.41) is 14.0. The number of carbonyl (C=O) groups excluding carboxylic acids is 1. The number of hydrogen-bond acceptors (Lipinski definition) is 6. The zero-order valence-electron chi connectivity index (χ0n) is 62.3. The number of carbonyl (C=O) groups is 1. The molecule has 0 radical (unpaired) electrons. The van der Waals surface area contributed by atoms with Gasteiger partial charge in [-0.1, -0.05) is 430 Å². The highest BCUT2D eigenvalue weighted by Gasteiger charge is 2.23. The molecule has 0 aromatic carbocycles. The first-order chi connectivity index (χ1) is 44.5. The summed E-state index contributed by atoms with van der Waals surface area (Å²) in [7, 11) is 1.27. The number of aliphatic hydroxyl groups is 1. The van der Waals surface area contributed by atoms with Gasteiger partial charge in [0.15, 0.2) is 0 Å². The number of rotatable bonds is 78. The van der Waals surface area contributed by atoms with E-state index in [9.17, 15) is 19.4 Å². The van der Waals surface area contributed by atoms with Crippen molar-refractivity contribution < 1.29 is 32.9 Å². The average molecular weight is 1300 g/mol. The van der Waals surface area contributed by atoms with E-state index in [0.29, 0.717) is 17.4 Å². The number of aliphatic hydroxyl groups excluding tert-OH is 1. The fourth-order valence-corrected chi connectivity index (χ4v) is 13.8. The van der Waals surface area contributed by atoms with E-state index in [-0.39, 0.29) is 19.1 Å². The summed E-state index contributed by atoms with van der Waals surface area (Å²) in [5.74, 6) is -0.196. The molecule has 0 fully saturated rings. The van der Waals surface area contributed by atoms with Gasteiger partial charge < -0.3 is 28.8 Å². The molecule has 0 aromatic heterocycles. The molecule has 542 valence electrons. The van der Waals surface area contributed by atoms with Gasteiger partial charge >= 0.3 is 0 Å². The van der Waals surface area contributed by atoms with E-state index in [1.165, 1.54) is 385 Å². The monoisotopic (exact) mass is 1300 g/mol. The highest BCUT2D eigenvalue weighted by Crippen LogP contribution is 2.38. The van der Waals surface area contributed by atoms with E-state index in [2.05, 4.69) is 31.3 Å². The van der Waals surface area contributed by atoms with Crippen LogP contribution in [0.25, 0.3) is 0 Å². The van der Waals surface area contributed by atoms with Crippen molar-refractivity contribution in [2.45, 2.75) is 456 Å². The number of phosphoric ester groups is 1. The van der Waals surface area contributed by atoms with E-state index in [1.54, 1.807) is 6.08 Å². The lowest BCUT2D eigenvalue weighted by Crippen LogP contribution is -2.45. The molecule has 0 aliphatic rings. The Morgan fingerprint density at radius 2 is 0.615 bits per heavy atom. The summed E-state index contributed by atoms with van der Waals surface area (Å²) in [5.41, 5.74) is 0. The van der Waals surface area contributed by atoms with Gasteiger partial charge in [0.05, 0.1) is 39.9 Å². The van der Waals surface area contributed by atoms with E-state index in [0.717, 1.165) is 38.5 Å². The zero-order chi connectivity index (χ0) is 66.2. The summed E-state index contributed by atoms with van der Waals surface area (Å²) in [6.07, 6.45) is 98.0. The van der Waals surface area contributed by atoms with Gasteiger partial charge in [0.1, 0.15) is 13.2 Å². The average Bonchev–Trinajstić information content (AvgIpc) is 3.68. The van der Waals surface area contributed by atoms with Crippen LogP contribution in [0.1, 0.15) is 444 Å². The largest absolute Gasteiger partial charge is 0.756 e. The lowest BCUT2D eigenvalue weighted by molar-refractivity contribution is -0.870. The molecule has 0 spiro atoms. The Morgan fingerprint density at radius 3 is 0.890 bits per heavy atom. The molecule has 0 bridgehead atoms. The zero-order valence-corrected chi connectivity index (χ0v) is 63.2. The number of likely N-dealkylation sites (N-methyl/N-ethyl adjacent to an activating group) is 1. The number of unbranched alkanes of at least 4 members (excludes halogenated alkanes) is 63. The molecule has 8 nitrogen and oxygen atoms in total. The Hall–Kier alpha value is -1.02. The Bertz CT molecular complexity index is 1530. The van der Waals surface area contributed by atoms with Gasteiger partial charge in [0.25, 0.3) is 7.82 Å². The lowest BCUT2D eigenvalue weighted by atomic mass is 10.0. The van der Waals surface area contributed by atoms with Crippen LogP contribution < -0.4 is 10.2 Å². The highest BCUT2D eigenvalue weighted by molar-refractivity contribution is 7.45. The number of amides is 1. The molecule has 3 atom stereocenters. The minimum Gasteiger partial charge on any atom is -0.756 e. The summed E-state index contributed by atoms with van der Waals surface area (Å²) in [4.78, 5) is 25.7. The van der Waals surface area contributed by atoms with E-state index in [4.69, 9.17) is 9.05 Å². The summed E-state index contributed by atoms with van der Waals surface area (Å²) < 4.78 is 23.5. The number of phosphoric acid groups is 1. The molecule has 0 aliphatic carbocycles. The molecule has 2 N–H and O–H groups in total. The fraction of sp³-hybridized carbons (Fsp3) is 0.939. The van der Waals surface area contributed by atoms with Crippen LogP contribution in [0.4, 0.5) is 0 Å². The number of allylic oxidation sites excluding steroid dienone is 3. The van der Waals surface area contributed by atoms with Crippen LogP contribution in [-0.2, 0) is 18.4 Å². The molecule has 91 heavy (non-hydrogen) atoms. The van der Waals surface area contributed by atoms with Crippen molar-refractivity contribution in [1.82, 2.24) is 5.32 Å². The predicted molar refractivity (Wildman–Crippen MR) is 399 cm³/mol. The molecule has 3 unspecified atom stereocenters. The Morgan fingerprint density at radius 1 is 0.374 bits per heavy atom. The first-order valence-corrected chi connectivity index (χ1v) is 42.7. The van der Waals surface area contributed by atoms with E-state index in [1.807, 2.05) is 27.2 Å². The van der Waals surface area contributed by atoms with Gasteiger partial charge in [-0.05, 0) is 32.1 Å². The molecule has 1 amide bonds. The molecule has 0 saturated heterocycles. The number of quaternary nitrogens is 1. The van der Waals surface area contributed by atoms with E-state index < -0.39 is 20.0 Å².